The number of hydrazine groups is 1. The first kappa shape index (κ1) is 26.1. The number of rotatable bonds is 8. The number of esters is 2. The van der Waals surface area contributed by atoms with Crippen LogP contribution in [0, 0.1) is 0 Å². The normalized spacial score (nSPS) is 11.9. The molecule has 3 rings (SSSR count). The Bertz CT molecular complexity index is 1250. The molecular formula is C25H19BrN2O8. The molecule has 11 heteroatoms. The number of ether oxygens (including phenoxy) is 2. The second kappa shape index (κ2) is 12.3. The zero-order valence-electron chi connectivity index (χ0n) is 18.4. The van der Waals surface area contributed by atoms with Crippen LogP contribution >= 0.6 is 15.9 Å². The van der Waals surface area contributed by atoms with Crippen LogP contribution in [0.1, 0.15) is 31.1 Å². The van der Waals surface area contributed by atoms with Gasteiger partial charge >= 0.3 is 17.9 Å². The number of amides is 2. The molecule has 0 aliphatic heterocycles. The van der Waals surface area contributed by atoms with Crippen LogP contribution in [0.2, 0.25) is 0 Å². The monoisotopic (exact) mass is 554 g/mol. The van der Waals surface area contributed by atoms with Crippen LogP contribution in [0.15, 0.2) is 89.4 Å². The number of carboxylic acids is 1. The fraction of sp³-hybridized carbons (Fsp3) is 0.0800. The predicted octanol–water partition coefficient (Wildman–Crippen LogP) is 2.75. The van der Waals surface area contributed by atoms with Crippen molar-refractivity contribution in [3.63, 3.8) is 0 Å². The average molecular weight is 555 g/mol. The van der Waals surface area contributed by atoms with Crippen LogP contribution < -0.4 is 10.9 Å². The fourth-order valence-corrected chi connectivity index (χ4v) is 3.14. The van der Waals surface area contributed by atoms with E-state index >= 15 is 0 Å². The van der Waals surface area contributed by atoms with Crippen molar-refractivity contribution in [3.8, 4) is 0 Å². The summed E-state index contributed by atoms with van der Waals surface area (Å²) in [6, 6.07) is 21.1. The third-order valence-corrected chi connectivity index (χ3v) is 5.20. The van der Waals surface area contributed by atoms with E-state index in [9.17, 15) is 29.1 Å². The molecule has 10 nitrogen and oxygen atoms in total. The van der Waals surface area contributed by atoms with Gasteiger partial charge in [0.1, 0.15) is 0 Å². The van der Waals surface area contributed by atoms with E-state index in [0.717, 1.165) is 4.47 Å². The van der Waals surface area contributed by atoms with E-state index in [2.05, 4.69) is 21.4 Å². The summed E-state index contributed by atoms with van der Waals surface area (Å²) in [7, 11) is 0. The minimum atomic E-state index is -2.23. The first-order valence-corrected chi connectivity index (χ1v) is 11.2. The third kappa shape index (κ3) is 7.00. The zero-order valence-corrected chi connectivity index (χ0v) is 20.0. The number of nitrogens with one attached hydrogen (secondary N) is 2. The fourth-order valence-electron chi connectivity index (χ4n) is 2.87. The summed E-state index contributed by atoms with van der Waals surface area (Å²) in [4.78, 5) is 62.3. The van der Waals surface area contributed by atoms with Crippen molar-refractivity contribution in [3.05, 3.63) is 106 Å². The second-order valence-electron chi connectivity index (χ2n) is 7.17. The summed E-state index contributed by atoms with van der Waals surface area (Å²) in [5.74, 6) is -5.82. The molecule has 36 heavy (non-hydrogen) atoms. The molecule has 0 spiro atoms. The number of halogens is 1. The molecule has 0 radical (unpaired) electrons. The lowest BCUT2D eigenvalue weighted by molar-refractivity contribution is -0.159. The molecule has 0 fully saturated rings. The Morgan fingerprint density at radius 3 is 1.58 bits per heavy atom. The van der Waals surface area contributed by atoms with Crippen molar-refractivity contribution in [1.29, 1.82) is 0 Å². The highest BCUT2D eigenvalue weighted by atomic mass is 79.9. The Labute approximate surface area is 213 Å². The molecule has 2 atom stereocenters. The molecular weight excluding hydrogens is 536 g/mol. The van der Waals surface area contributed by atoms with Gasteiger partial charge in [0.2, 0.25) is 12.2 Å². The number of carbonyl (C=O) groups excluding carboxylic acids is 4. The van der Waals surface area contributed by atoms with Crippen LogP contribution in [-0.4, -0.2) is 47.0 Å². The van der Waals surface area contributed by atoms with E-state index in [1.54, 1.807) is 24.3 Å². The topological polar surface area (TPSA) is 148 Å². The van der Waals surface area contributed by atoms with Gasteiger partial charge in [0.05, 0.1) is 11.1 Å². The molecule has 3 aromatic carbocycles. The number of benzene rings is 3. The van der Waals surface area contributed by atoms with E-state index in [1.165, 1.54) is 60.7 Å². The molecule has 0 aromatic heterocycles. The summed E-state index contributed by atoms with van der Waals surface area (Å²) < 4.78 is 10.9. The van der Waals surface area contributed by atoms with Crippen LogP contribution in [-0.2, 0) is 19.1 Å². The van der Waals surface area contributed by atoms with Crippen molar-refractivity contribution in [2.75, 3.05) is 0 Å². The Morgan fingerprint density at radius 2 is 1.11 bits per heavy atom. The Hall–Kier alpha value is -4.51. The van der Waals surface area contributed by atoms with Crippen molar-refractivity contribution >= 4 is 45.7 Å². The van der Waals surface area contributed by atoms with Gasteiger partial charge < -0.3 is 14.6 Å². The second-order valence-corrected chi connectivity index (χ2v) is 8.09. The molecule has 0 aliphatic carbocycles. The summed E-state index contributed by atoms with van der Waals surface area (Å²) in [6.07, 6.45) is -4.37. The van der Waals surface area contributed by atoms with Gasteiger partial charge in [0.25, 0.3) is 11.8 Å². The van der Waals surface area contributed by atoms with Crippen LogP contribution in [0.25, 0.3) is 0 Å². The SMILES string of the molecule is O=C(NNC(=O)[C@@H](OC(=O)c1ccccc1)[C@@H](OC(=O)c1ccccc1)C(=O)O)c1ccc(Br)cc1. The van der Waals surface area contributed by atoms with Crippen LogP contribution in [0.3, 0.4) is 0 Å². The number of carbonyl (C=O) groups is 5. The molecule has 0 unspecified atom stereocenters. The Balaban J connectivity index is 1.82. The maximum absolute atomic E-state index is 12.9. The van der Waals surface area contributed by atoms with Crippen LogP contribution in [0.5, 0.6) is 0 Å². The van der Waals surface area contributed by atoms with Gasteiger partial charge in [-0.15, -0.1) is 0 Å². The summed E-state index contributed by atoms with van der Waals surface area (Å²) >= 11 is 3.24. The highest BCUT2D eigenvalue weighted by molar-refractivity contribution is 9.10. The van der Waals surface area contributed by atoms with Crippen molar-refractivity contribution in [2.45, 2.75) is 12.2 Å². The van der Waals surface area contributed by atoms with Crippen molar-refractivity contribution < 1.29 is 38.6 Å². The summed E-state index contributed by atoms with van der Waals surface area (Å²) in [5.41, 5.74) is 4.35. The standard InChI is InChI=1S/C25H19BrN2O8/c26-18-13-11-15(12-14-18)21(29)27-28-22(30)19(35-24(33)16-7-3-1-4-8-16)20(23(31)32)36-25(34)17-9-5-2-6-10-17/h1-14,19-20H,(H,27,29)(H,28,30)(H,31,32)/t19-,20+/m0/s1. The summed E-state index contributed by atoms with van der Waals surface area (Å²) in [5, 5.41) is 9.71. The van der Waals surface area contributed by atoms with E-state index < -0.39 is 41.9 Å². The number of hydrogen-bond acceptors (Lipinski definition) is 7. The highest BCUT2D eigenvalue weighted by Gasteiger charge is 2.41. The quantitative estimate of drug-likeness (QED) is 0.284. The first-order chi connectivity index (χ1) is 17.3. The van der Waals surface area contributed by atoms with Gasteiger partial charge in [0, 0.05) is 10.0 Å². The van der Waals surface area contributed by atoms with Gasteiger partial charge in [0.15, 0.2) is 0 Å². The molecule has 0 heterocycles. The molecule has 0 bridgehead atoms. The Morgan fingerprint density at radius 1 is 0.639 bits per heavy atom. The molecule has 0 saturated carbocycles. The zero-order chi connectivity index (χ0) is 26.1. The molecule has 184 valence electrons. The highest BCUT2D eigenvalue weighted by Crippen LogP contribution is 2.14. The minimum Gasteiger partial charge on any atom is -0.478 e. The third-order valence-electron chi connectivity index (χ3n) is 4.67. The van der Waals surface area contributed by atoms with Crippen molar-refractivity contribution in [1.82, 2.24) is 10.9 Å². The first-order valence-electron chi connectivity index (χ1n) is 10.4. The maximum atomic E-state index is 12.9. The van der Waals surface area contributed by atoms with E-state index in [0.29, 0.717) is 0 Å². The van der Waals surface area contributed by atoms with Gasteiger partial charge in [-0.25, -0.2) is 14.4 Å². The smallest absolute Gasteiger partial charge is 0.349 e. The molecule has 2 amide bonds. The number of aliphatic carboxylic acids is 1. The summed E-state index contributed by atoms with van der Waals surface area (Å²) in [6.45, 7) is 0. The predicted molar refractivity (Wildman–Crippen MR) is 129 cm³/mol. The van der Waals surface area contributed by atoms with Gasteiger partial charge in [-0.3, -0.25) is 20.4 Å². The van der Waals surface area contributed by atoms with Crippen LogP contribution in [0.4, 0.5) is 0 Å². The Kier molecular flexibility index (Phi) is 8.89. The molecule has 3 aromatic rings. The van der Waals surface area contributed by atoms with Crippen molar-refractivity contribution in [2.24, 2.45) is 0 Å². The van der Waals surface area contributed by atoms with E-state index in [-0.39, 0.29) is 16.7 Å². The molecule has 0 saturated heterocycles. The van der Waals surface area contributed by atoms with Gasteiger partial charge in [-0.05, 0) is 48.5 Å². The number of carboxylic acid groups (broad SMARTS) is 1. The van der Waals surface area contributed by atoms with E-state index in [1.807, 2.05) is 5.43 Å². The average Bonchev–Trinajstić information content (AvgIpc) is 2.90. The van der Waals surface area contributed by atoms with E-state index in [4.69, 9.17) is 9.47 Å². The lowest BCUT2D eigenvalue weighted by Gasteiger charge is -2.23. The van der Waals surface area contributed by atoms with Gasteiger partial charge in [-0.1, -0.05) is 52.3 Å². The number of hydrogen-bond donors (Lipinski definition) is 3. The lowest BCUT2D eigenvalue weighted by atomic mass is 10.1. The van der Waals surface area contributed by atoms with Gasteiger partial charge in [-0.2, -0.15) is 0 Å². The molecule has 3 N–H and O–H groups in total. The molecule has 0 aliphatic rings. The maximum Gasteiger partial charge on any atom is 0.349 e. The lowest BCUT2D eigenvalue weighted by Crippen LogP contribution is -2.54. The largest absolute Gasteiger partial charge is 0.478 e. The minimum absolute atomic E-state index is 0.0147.